The van der Waals surface area contributed by atoms with Gasteiger partial charge in [-0.05, 0) is 24.1 Å². The molecule has 0 rings (SSSR count). The lowest BCUT2D eigenvalue weighted by Crippen LogP contribution is -2.14. The van der Waals surface area contributed by atoms with Gasteiger partial charge in [0.1, 0.15) is 5.76 Å². The summed E-state index contributed by atoms with van der Waals surface area (Å²) in [6, 6.07) is 0. The van der Waals surface area contributed by atoms with Crippen molar-refractivity contribution in [3.63, 3.8) is 0 Å². The van der Waals surface area contributed by atoms with E-state index in [2.05, 4.69) is 26.3 Å². The zero-order valence-corrected chi connectivity index (χ0v) is 11.1. The van der Waals surface area contributed by atoms with Crippen molar-refractivity contribution >= 4 is 0 Å². The molecule has 0 heterocycles. The first kappa shape index (κ1) is 15.2. The van der Waals surface area contributed by atoms with Gasteiger partial charge >= 0.3 is 0 Å². The van der Waals surface area contributed by atoms with Crippen molar-refractivity contribution < 1.29 is 5.11 Å². The molecule has 0 aliphatic carbocycles. The van der Waals surface area contributed by atoms with Gasteiger partial charge < -0.3 is 5.11 Å². The van der Waals surface area contributed by atoms with Crippen molar-refractivity contribution in [1.29, 1.82) is 0 Å². The quantitative estimate of drug-likeness (QED) is 0.509. The molecule has 92 valence electrons. The van der Waals surface area contributed by atoms with E-state index >= 15 is 0 Å². The lowest BCUT2D eigenvalue weighted by atomic mass is 9.78. The largest absolute Gasteiger partial charge is 0.509 e. The highest BCUT2D eigenvalue weighted by atomic mass is 16.3. The second-order valence-electron chi connectivity index (χ2n) is 4.68. The molecule has 1 N–H and O–H groups in total. The van der Waals surface area contributed by atoms with E-state index in [9.17, 15) is 0 Å². The number of hydrogen-bond donors (Lipinski definition) is 1. The highest BCUT2D eigenvalue weighted by Crippen LogP contribution is 2.34. The first-order valence-electron chi connectivity index (χ1n) is 5.46. The maximum absolute atomic E-state index is 9.01. The van der Waals surface area contributed by atoms with Gasteiger partial charge in [0.05, 0.1) is 0 Å². The minimum atomic E-state index is -0.266. The van der Waals surface area contributed by atoms with Gasteiger partial charge in [0.2, 0.25) is 0 Å². The molecule has 0 saturated carbocycles. The van der Waals surface area contributed by atoms with Crippen LogP contribution in [0.4, 0.5) is 0 Å². The van der Waals surface area contributed by atoms with Crippen molar-refractivity contribution in [2.75, 3.05) is 0 Å². The third kappa shape index (κ3) is 5.21. The molecule has 0 saturated heterocycles. The summed E-state index contributed by atoms with van der Waals surface area (Å²) in [7, 11) is 0. The molecule has 0 aliphatic rings. The summed E-state index contributed by atoms with van der Waals surface area (Å²) >= 11 is 0. The van der Waals surface area contributed by atoms with Gasteiger partial charge in [-0.2, -0.15) is 0 Å². The Hall–Kier alpha value is -1.76. The summed E-state index contributed by atoms with van der Waals surface area (Å²) in [6.45, 7) is 21.2. The Bertz CT molecular complexity index is 365. The molecule has 0 aliphatic heterocycles. The molecule has 0 unspecified atom stereocenters. The molecule has 0 aromatic heterocycles. The van der Waals surface area contributed by atoms with Crippen LogP contribution in [-0.2, 0) is 0 Å². The Morgan fingerprint density at radius 3 is 1.65 bits per heavy atom. The van der Waals surface area contributed by atoms with Crippen molar-refractivity contribution in [2.24, 2.45) is 5.41 Å². The molecular weight excluding hydrogens is 208 g/mol. The van der Waals surface area contributed by atoms with E-state index in [1.807, 2.05) is 32.9 Å². The predicted molar refractivity (Wildman–Crippen MR) is 76.9 cm³/mol. The van der Waals surface area contributed by atoms with Crippen molar-refractivity contribution in [3.8, 4) is 0 Å². The zero-order chi connectivity index (χ0) is 13.6. The van der Waals surface area contributed by atoms with Gasteiger partial charge in [-0.1, -0.05) is 64.0 Å². The molecule has 0 amide bonds. The topological polar surface area (TPSA) is 20.2 Å². The van der Waals surface area contributed by atoms with Crippen LogP contribution in [0.5, 0.6) is 0 Å². The average Bonchev–Trinajstić information content (AvgIpc) is 2.21. The van der Waals surface area contributed by atoms with Crippen LogP contribution in [0.2, 0.25) is 0 Å². The molecule has 1 heteroatoms. The van der Waals surface area contributed by atoms with Crippen LogP contribution in [0.25, 0.3) is 0 Å². The summed E-state index contributed by atoms with van der Waals surface area (Å²) in [5.41, 5.74) is 2.52. The Labute approximate surface area is 105 Å². The van der Waals surface area contributed by atoms with Gasteiger partial charge in [-0.25, -0.2) is 0 Å². The van der Waals surface area contributed by atoms with E-state index < -0.39 is 0 Å². The third-order valence-electron chi connectivity index (χ3n) is 2.65. The van der Waals surface area contributed by atoms with Crippen LogP contribution in [0, 0.1) is 5.41 Å². The summed E-state index contributed by atoms with van der Waals surface area (Å²) in [5, 5.41) is 9.01. The van der Waals surface area contributed by atoms with Gasteiger partial charge in [-0.15, -0.1) is 0 Å². The highest BCUT2D eigenvalue weighted by Gasteiger charge is 2.21. The third-order valence-corrected chi connectivity index (χ3v) is 2.65. The van der Waals surface area contributed by atoms with Crippen LogP contribution >= 0.6 is 0 Å². The van der Waals surface area contributed by atoms with Crippen LogP contribution in [0.3, 0.4) is 0 Å². The molecule has 17 heavy (non-hydrogen) atoms. The lowest BCUT2D eigenvalue weighted by Gasteiger charge is -2.26. The smallest absolute Gasteiger partial charge is 0.108 e. The summed E-state index contributed by atoms with van der Waals surface area (Å²) in [5.74, 6) is 0.0186. The van der Waals surface area contributed by atoms with E-state index in [1.54, 1.807) is 6.08 Å². The molecule has 0 aromatic carbocycles. The van der Waals surface area contributed by atoms with Crippen LogP contribution in [0.1, 0.15) is 20.8 Å². The molecule has 0 spiro atoms. The van der Waals surface area contributed by atoms with Gasteiger partial charge in [0, 0.05) is 5.41 Å². The first-order chi connectivity index (χ1) is 7.67. The molecule has 0 aromatic rings. The molecule has 0 atom stereocenters. The molecular formula is C16H22O. The maximum atomic E-state index is 9.01. The van der Waals surface area contributed by atoms with Gasteiger partial charge in [0.25, 0.3) is 0 Å². The molecule has 0 fully saturated rings. The standard InChI is InChI=1S/C16H22O/c1-12(2)8-9-13(3)16(6,7)14(4)10-11-15(5)17/h8-11,17H,1,3-5H2,2,6-7H3/b9-8-,11-10-. The summed E-state index contributed by atoms with van der Waals surface area (Å²) in [6.07, 6.45) is 7.14. The predicted octanol–water partition coefficient (Wildman–Crippen LogP) is 4.89. The van der Waals surface area contributed by atoms with E-state index in [-0.39, 0.29) is 11.2 Å². The second kappa shape index (κ2) is 6.09. The SMILES string of the molecule is C=C(C)/C=C\C(=C)C(C)(C)C(=C)/C=C\C(=C)O. The van der Waals surface area contributed by atoms with Crippen molar-refractivity contribution in [3.05, 3.63) is 73.1 Å². The number of allylic oxidation sites excluding steroid dienone is 7. The van der Waals surface area contributed by atoms with Crippen LogP contribution < -0.4 is 0 Å². The summed E-state index contributed by atoms with van der Waals surface area (Å²) in [4.78, 5) is 0. The Balaban J connectivity index is 4.88. The fraction of sp³-hybridized carbons (Fsp3) is 0.250. The maximum Gasteiger partial charge on any atom is 0.108 e. The minimum absolute atomic E-state index is 0.0186. The van der Waals surface area contributed by atoms with Gasteiger partial charge in [-0.3, -0.25) is 0 Å². The van der Waals surface area contributed by atoms with Crippen LogP contribution in [-0.4, -0.2) is 5.11 Å². The van der Waals surface area contributed by atoms with Crippen molar-refractivity contribution in [2.45, 2.75) is 20.8 Å². The normalized spacial score (nSPS) is 11.9. The Morgan fingerprint density at radius 1 is 0.882 bits per heavy atom. The number of aliphatic hydroxyl groups is 1. The van der Waals surface area contributed by atoms with E-state index in [1.165, 1.54) is 6.08 Å². The minimum Gasteiger partial charge on any atom is -0.509 e. The van der Waals surface area contributed by atoms with E-state index in [0.717, 1.165) is 16.7 Å². The second-order valence-corrected chi connectivity index (χ2v) is 4.68. The average molecular weight is 230 g/mol. The molecule has 1 nitrogen and oxygen atoms in total. The van der Waals surface area contributed by atoms with Crippen molar-refractivity contribution in [1.82, 2.24) is 0 Å². The van der Waals surface area contributed by atoms with E-state index in [0.29, 0.717) is 0 Å². The summed E-state index contributed by atoms with van der Waals surface area (Å²) < 4.78 is 0. The fourth-order valence-corrected chi connectivity index (χ4v) is 1.06. The first-order valence-corrected chi connectivity index (χ1v) is 5.46. The van der Waals surface area contributed by atoms with Gasteiger partial charge in [0.15, 0.2) is 0 Å². The van der Waals surface area contributed by atoms with Crippen LogP contribution in [0.15, 0.2) is 73.1 Å². The number of hydrogen-bond acceptors (Lipinski definition) is 1. The molecule has 0 bridgehead atoms. The fourth-order valence-electron chi connectivity index (χ4n) is 1.06. The van der Waals surface area contributed by atoms with E-state index in [4.69, 9.17) is 5.11 Å². The highest BCUT2D eigenvalue weighted by molar-refractivity contribution is 5.39. The zero-order valence-electron chi connectivity index (χ0n) is 11.1. The number of rotatable bonds is 6. The Kier molecular flexibility index (Phi) is 5.46. The lowest BCUT2D eigenvalue weighted by molar-refractivity contribution is 0.435. The Morgan fingerprint density at radius 2 is 1.29 bits per heavy atom. The molecule has 0 radical (unpaired) electrons. The number of aliphatic hydroxyl groups excluding tert-OH is 1. The monoisotopic (exact) mass is 230 g/mol.